The van der Waals surface area contributed by atoms with Gasteiger partial charge in [-0.25, -0.2) is 13.6 Å². The maximum absolute atomic E-state index is 14.0. The third-order valence-electron chi connectivity index (χ3n) is 3.59. The topological polar surface area (TPSA) is 50.4 Å². The van der Waals surface area contributed by atoms with E-state index in [-0.39, 0.29) is 17.8 Å². The zero-order chi connectivity index (χ0) is 14.7. The highest BCUT2D eigenvalue weighted by molar-refractivity contribution is 5.90. The zero-order valence-corrected chi connectivity index (χ0v) is 11.5. The lowest BCUT2D eigenvalue weighted by atomic mass is 9.99. The highest BCUT2D eigenvalue weighted by Gasteiger charge is 2.24. The summed E-state index contributed by atoms with van der Waals surface area (Å²) in [5, 5.41) is 6.27. The first-order valence-electron chi connectivity index (χ1n) is 6.60. The second kappa shape index (κ2) is 6.17. The van der Waals surface area contributed by atoms with Crippen molar-refractivity contribution < 1.29 is 18.3 Å². The van der Waals surface area contributed by atoms with Crippen LogP contribution in [-0.2, 0) is 4.74 Å². The maximum Gasteiger partial charge on any atom is 0.340 e. The average molecular weight is 284 g/mol. The van der Waals surface area contributed by atoms with Gasteiger partial charge in [-0.15, -0.1) is 0 Å². The summed E-state index contributed by atoms with van der Waals surface area (Å²) < 4.78 is 32.2. The van der Waals surface area contributed by atoms with Crippen molar-refractivity contribution in [3.63, 3.8) is 0 Å². The van der Waals surface area contributed by atoms with Crippen LogP contribution < -0.4 is 10.6 Å². The molecule has 6 heteroatoms. The van der Waals surface area contributed by atoms with Gasteiger partial charge in [-0.1, -0.05) is 0 Å². The molecule has 0 aromatic heterocycles. The summed E-state index contributed by atoms with van der Waals surface area (Å²) in [6.45, 7) is 2.92. The van der Waals surface area contributed by atoms with Crippen molar-refractivity contribution in [2.45, 2.75) is 31.8 Å². The summed E-state index contributed by atoms with van der Waals surface area (Å²) in [6.07, 6.45) is 1.86. The summed E-state index contributed by atoms with van der Waals surface area (Å²) in [5.41, 5.74) is -0.332. The fourth-order valence-corrected chi connectivity index (χ4v) is 2.37. The van der Waals surface area contributed by atoms with Crippen molar-refractivity contribution in [3.05, 3.63) is 29.3 Å². The quantitative estimate of drug-likeness (QED) is 0.836. The summed E-state index contributed by atoms with van der Waals surface area (Å²) in [6, 6.07) is 2.80. The van der Waals surface area contributed by atoms with Crippen molar-refractivity contribution in [1.29, 1.82) is 0 Å². The van der Waals surface area contributed by atoms with Crippen LogP contribution in [0.25, 0.3) is 0 Å². The molecule has 1 heterocycles. The first-order chi connectivity index (χ1) is 9.54. The van der Waals surface area contributed by atoms with E-state index in [9.17, 15) is 13.6 Å². The monoisotopic (exact) mass is 284 g/mol. The summed E-state index contributed by atoms with van der Waals surface area (Å²) in [4.78, 5) is 11.3. The molecular formula is C14H18F2N2O2. The van der Waals surface area contributed by atoms with Gasteiger partial charge in [-0.2, -0.15) is 0 Å². The SMILES string of the molecule is COC(=O)c1ccc(NC2CCCNC2C)c(F)c1F. The molecule has 4 nitrogen and oxygen atoms in total. The van der Waals surface area contributed by atoms with Gasteiger partial charge in [0.05, 0.1) is 18.4 Å². The number of piperidine rings is 1. The number of nitrogens with one attached hydrogen (secondary N) is 2. The number of hydrogen-bond acceptors (Lipinski definition) is 4. The van der Waals surface area contributed by atoms with Crippen LogP contribution in [-0.4, -0.2) is 31.7 Å². The second-order valence-corrected chi connectivity index (χ2v) is 4.92. The van der Waals surface area contributed by atoms with Crippen molar-refractivity contribution in [2.24, 2.45) is 0 Å². The summed E-state index contributed by atoms with van der Waals surface area (Å²) >= 11 is 0. The maximum atomic E-state index is 14.0. The summed E-state index contributed by atoms with van der Waals surface area (Å²) in [7, 11) is 1.13. The largest absolute Gasteiger partial charge is 0.465 e. The van der Waals surface area contributed by atoms with Crippen molar-refractivity contribution in [1.82, 2.24) is 5.32 Å². The number of hydrogen-bond donors (Lipinski definition) is 2. The molecule has 0 bridgehead atoms. The van der Waals surface area contributed by atoms with Crippen LogP contribution in [0.5, 0.6) is 0 Å². The van der Waals surface area contributed by atoms with E-state index in [1.54, 1.807) is 0 Å². The van der Waals surface area contributed by atoms with Gasteiger partial charge >= 0.3 is 5.97 Å². The number of esters is 1. The third-order valence-corrected chi connectivity index (χ3v) is 3.59. The fraction of sp³-hybridized carbons (Fsp3) is 0.500. The van der Waals surface area contributed by atoms with E-state index >= 15 is 0 Å². The lowest BCUT2D eigenvalue weighted by Gasteiger charge is -2.31. The Kier molecular flexibility index (Phi) is 4.54. The molecule has 110 valence electrons. The van der Waals surface area contributed by atoms with Crippen LogP contribution in [0.2, 0.25) is 0 Å². The fourth-order valence-electron chi connectivity index (χ4n) is 2.37. The van der Waals surface area contributed by atoms with Crippen LogP contribution >= 0.6 is 0 Å². The summed E-state index contributed by atoms with van der Waals surface area (Å²) in [5.74, 6) is -3.12. The molecule has 1 aliphatic heterocycles. The Labute approximate surface area is 116 Å². The lowest BCUT2D eigenvalue weighted by Crippen LogP contribution is -2.46. The minimum atomic E-state index is -1.18. The molecule has 1 saturated heterocycles. The molecule has 20 heavy (non-hydrogen) atoms. The Morgan fingerprint density at radius 1 is 1.40 bits per heavy atom. The van der Waals surface area contributed by atoms with Crippen molar-refractivity contribution in [2.75, 3.05) is 19.0 Å². The normalized spacial score (nSPS) is 22.4. The van der Waals surface area contributed by atoms with E-state index < -0.39 is 23.2 Å². The average Bonchev–Trinajstić information content (AvgIpc) is 2.45. The van der Waals surface area contributed by atoms with Gasteiger partial charge in [0.2, 0.25) is 0 Å². The van der Waals surface area contributed by atoms with Gasteiger partial charge in [-0.3, -0.25) is 0 Å². The molecule has 0 amide bonds. The molecule has 1 aromatic carbocycles. The van der Waals surface area contributed by atoms with Crippen LogP contribution in [0, 0.1) is 11.6 Å². The van der Waals surface area contributed by atoms with Gasteiger partial charge < -0.3 is 15.4 Å². The predicted molar refractivity (Wildman–Crippen MR) is 71.8 cm³/mol. The third kappa shape index (κ3) is 2.90. The first-order valence-corrected chi connectivity index (χ1v) is 6.60. The lowest BCUT2D eigenvalue weighted by molar-refractivity contribution is 0.0594. The van der Waals surface area contributed by atoms with E-state index in [4.69, 9.17) is 0 Å². The van der Waals surface area contributed by atoms with Crippen molar-refractivity contribution in [3.8, 4) is 0 Å². The van der Waals surface area contributed by atoms with Gasteiger partial charge in [0, 0.05) is 12.1 Å². The molecule has 1 aromatic rings. The molecule has 2 N–H and O–H groups in total. The van der Waals surface area contributed by atoms with E-state index in [1.165, 1.54) is 12.1 Å². The first kappa shape index (κ1) is 14.7. The number of benzene rings is 1. The Morgan fingerprint density at radius 3 is 2.80 bits per heavy atom. The molecular weight excluding hydrogens is 266 g/mol. The number of carbonyl (C=O) groups excluding carboxylic acids is 1. The molecule has 0 radical (unpaired) electrons. The Hall–Kier alpha value is -1.69. The minimum absolute atomic E-state index is 0.0293. The van der Waals surface area contributed by atoms with Gasteiger partial charge in [-0.05, 0) is 38.4 Å². The molecule has 0 saturated carbocycles. The molecule has 2 rings (SSSR count). The number of anilines is 1. The molecule has 1 fully saturated rings. The molecule has 0 aliphatic carbocycles. The van der Waals surface area contributed by atoms with Gasteiger partial charge in [0.25, 0.3) is 0 Å². The molecule has 1 aliphatic rings. The van der Waals surface area contributed by atoms with E-state index in [1.807, 2.05) is 6.92 Å². The smallest absolute Gasteiger partial charge is 0.340 e. The van der Waals surface area contributed by atoms with E-state index in [0.29, 0.717) is 0 Å². The number of methoxy groups -OCH3 is 1. The number of carbonyl (C=O) groups is 1. The van der Waals surface area contributed by atoms with Gasteiger partial charge in [0.15, 0.2) is 11.6 Å². The number of halogens is 2. The molecule has 0 spiro atoms. The van der Waals surface area contributed by atoms with E-state index in [0.717, 1.165) is 26.5 Å². The van der Waals surface area contributed by atoms with Crippen LogP contribution in [0.1, 0.15) is 30.1 Å². The standard InChI is InChI=1S/C14H18F2N2O2/c1-8-10(4-3-7-17-8)18-11-6-5-9(14(19)20-2)12(15)13(11)16/h5-6,8,10,17-18H,3-4,7H2,1-2H3. The number of rotatable bonds is 3. The Morgan fingerprint density at radius 2 is 2.15 bits per heavy atom. The van der Waals surface area contributed by atoms with Gasteiger partial charge in [0.1, 0.15) is 0 Å². The highest BCUT2D eigenvalue weighted by Crippen LogP contribution is 2.24. The molecule has 2 unspecified atom stereocenters. The minimum Gasteiger partial charge on any atom is -0.465 e. The highest BCUT2D eigenvalue weighted by atomic mass is 19.2. The number of ether oxygens (including phenoxy) is 1. The van der Waals surface area contributed by atoms with Crippen molar-refractivity contribution >= 4 is 11.7 Å². The Balaban J connectivity index is 2.21. The predicted octanol–water partition coefficient (Wildman–Crippen LogP) is 2.30. The van der Waals surface area contributed by atoms with Crippen LogP contribution in [0.15, 0.2) is 12.1 Å². The second-order valence-electron chi connectivity index (χ2n) is 4.92. The molecule has 2 atom stereocenters. The van der Waals surface area contributed by atoms with Crippen LogP contribution in [0.4, 0.5) is 14.5 Å². The Bertz CT molecular complexity index is 508. The van der Waals surface area contributed by atoms with E-state index in [2.05, 4.69) is 15.4 Å². The van der Waals surface area contributed by atoms with Crippen LogP contribution in [0.3, 0.4) is 0 Å². The zero-order valence-electron chi connectivity index (χ0n) is 11.5.